The largest absolute Gasteiger partial charge is 0.493 e. The molecule has 0 aromatic heterocycles. The predicted octanol–water partition coefficient (Wildman–Crippen LogP) is 4.56. The Morgan fingerprint density at radius 1 is 1.08 bits per heavy atom. The van der Waals surface area contributed by atoms with Gasteiger partial charge in [-0.1, -0.05) is 0 Å². The first-order valence-corrected chi connectivity index (χ1v) is 11.4. The van der Waals surface area contributed by atoms with Crippen LogP contribution in [0.25, 0.3) is 0 Å². The quantitative estimate of drug-likeness (QED) is 0.812. The van der Waals surface area contributed by atoms with E-state index in [4.69, 9.17) is 9.47 Å². The van der Waals surface area contributed by atoms with Crippen molar-refractivity contribution >= 4 is 35.1 Å². The topological polar surface area (TPSA) is 47.6 Å². The van der Waals surface area contributed by atoms with Crippen LogP contribution in [0.15, 0.2) is 12.1 Å². The molecule has 26 heavy (non-hydrogen) atoms. The summed E-state index contributed by atoms with van der Waals surface area (Å²) >= 11 is 4.35. The van der Waals surface area contributed by atoms with Gasteiger partial charge in [0.2, 0.25) is 5.91 Å². The summed E-state index contributed by atoms with van der Waals surface area (Å²) in [6, 6.07) is 3.79. The number of ether oxygens (including phenoxy) is 2. The van der Waals surface area contributed by atoms with E-state index in [1.807, 2.05) is 19.1 Å². The summed E-state index contributed by atoms with van der Waals surface area (Å²) in [5, 5.41) is 3.17. The number of thioether (sulfide) groups is 2. The van der Waals surface area contributed by atoms with Crippen molar-refractivity contribution in [1.82, 2.24) is 0 Å². The first kappa shape index (κ1) is 18.4. The van der Waals surface area contributed by atoms with Crippen LogP contribution in [0.4, 0.5) is 5.69 Å². The van der Waals surface area contributed by atoms with Crippen LogP contribution in [0.2, 0.25) is 0 Å². The second-order valence-electron chi connectivity index (χ2n) is 7.57. The summed E-state index contributed by atoms with van der Waals surface area (Å²) in [5.74, 6) is 5.58. The third kappa shape index (κ3) is 2.99. The molecule has 3 aliphatic rings. The molecule has 1 aromatic carbocycles. The molecule has 1 aliphatic heterocycles. The van der Waals surface area contributed by atoms with Crippen molar-refractivity contribution in [2.24, 2.45) is 17.8 Å². The van der Waals surface area contributed by atoms with Crippen LogP contribution in [0.1, 0.15) is 31.2 Å². The lowest BCUT2D eigenvalue weighted by molar-refractivity contribution is -0.121. The Kier molecular flexibility index (Phi) is 5.08. The van der Waals surface area contributed by atoms with Gasteiger partial charge in [0.15, 0.2) is 11.5 Å². The van der Waals surface area contributed by atoms with Crippen LogP contribution in [0, 0.1) is 24.7 Å². The maximum Gasteiger partial charge on any atom is 0.227 e. The van der Waals surface area contributed by atoms with Crippen LogP contribution in [0.3, 0.4) is 0 Å². The molecular formula is C20H27NO3S2. The van der Waals surface area contributed by atoms with Crippen LogP contribution < -0.4 is 14.8 Å². The van der Waals surface area contributed by atoms with E-state index in [0.717, 1.165) is 24.1 Å². The van der Waals surface area contributed by atoms with Crippen LogP contribution in [-0.4, -0.2) is 35.7 Å². The fourth-order valence-corrected chi connectivity index (χ4v) is 8.90. The summed E-state index contributed by atoms with van der Waals surface area (Å²) in [7, 11) is 3.25. The summed E-state index contributed by atoms with van der Waals surface area (Å²) in [4.78, 5) is 13.0. The number of hydrogen-bond donors (Lipinski definition) is 1. The van der Waals surface area contributed by atoms with Gasteiger partial charge in [0.05, 0.1) is 18.3 Å². The highest BCUT2D eigenvalue weighted by Crippen LogP contribution is 2.65. The average Bonchev–Trinajstić information content (AvgIpc) is 3.18. The second-order valence-corrected chi connectivity index (χ2v) is 10.6. The molecule has 2 saturated carbocycles. The SMILES string of the molecule is COc1cc(C)c(NC(=O)C2C[C@H]3CC[C@@H](C2)C32SCCS2)cc1OC. The Hall–Kier alpha value is -1.01. The second kappa shape index (κ2) is 7.19. The number of aryl methyl sites for hydroxylation is 1. The van der Waals surface area contributed by atoms with E-state index >= 15 is 0 Å². The number of benzene rings is 1. The molecule has 4 rings (SSSR count). The molecule has 1 saturated heterocycles. The van der Waals surface area contributed by atoms with Crippen molar-refractivity contribution in [3.05, 3.63) is 17.7 Å². The fourth-order valence-electron chi connectivity index (χ4n) is 4.97. The van der Waals surface area contributed by atoms with Gasteiger partial charge in [-0.05, 0) is 56.1 Å². The number of anilines is 1. The van der Waals surface area contributed by atoms with Gasteiger partial charge in [0, 0.05) is 29.2 Å². The minimum Gasteiger partial charge on any atom is -0.493 e. The van der Waals surface area contributed by atoms with Crippen molar-refractivity contribution in [2.45, 2.75) is 36.7 Å². The Bertz CT molecular complexity index is 687. The minimum atomic E-state index is 0.132. The maximum atomic E-state index is 13.0. The van der Waals surface area contributed by atoms with Gasteiger partial charge >= 0.3 is 0 Å². The van der Waals surface area contributed by atoms with Crippen LogP contribution in [-0.2, 0) is 4.79 Å². The van der Waals surface area contributed by atoms with Crippen molar-refractivity contribution in [3.8, 4) is 11.5 Å². The Labute approximate surface area is 164 Å². The van der Waals surface area contributed by atoms with Crippen LogP contribution in [0.5, 0.6) is 11.5 Å². The zero-order chi connectivity index (χ0) is 18.3. The van der Waals surface area contributed by atoms with Crippen LogP contribution >= 0.6 is 23.5 Å². The van der Waals surface area contributed by atoms with Gasteiger partial charge in [-0.3, -0.25) is 4.79 Å². The Morgan fingerprint density at radius 3 is 2.23 bits per heavy atom. The lowest BCUT2D eigenvalue weighted by Crippen LogP contribution is -2.41. The number of rotatable bonds is 4. The fraction of sp³-hybridized carbons (Fsp3) is 0.650. The van der Waals surface area contributed by atoms with E-state index in [0.29, 0.717) is 27.4 Å². The zero-order valence-corrected chi connectivity index (χ0v) is 17.3. The summed E-state index contributed by atoms with van der Waals surface area (Å²) < 4.78 is 11.2. The molecule has 3 fully saturated rings. The molecular weight excluding hydrogens is 366 g/mol. The third-order valence-corrected chi connectivity index (χ3v) is 10.3. The standard InChI is InChI=1S/C20H27NO3S2/c1-12-8-17(23-2)18(24-3)11-16(12)21-19(22)13-9-14-4-5-15(10-13)20(14)25-6-7-26-20/h8,11,13-15H,4-7,9-10H2,1-3H3,(H,21,22)/t13?,14-,15+. The van der Waals surface area contributed by atoms with E-state index in [-0.39, 0.29) is 11.8 Å². The minimum absolute atomic E-state index is 0.132. The van der Waals surface area contributed by atoms with Gasteiger partial charge < -0.3 is 14.8 Å². The van der Waals surface area contributed by atoms with E-state index in [2.05, 4.69) is 28.8 Å². The molecule has 3 atom stereocenters. The molecule has 142 valence electrons. The molecule has 1 unspecified atom stereocenters. The molecule has 2 bridgehead atoms. The molecule has 0 radical (unpaired) electrons. The number of methoxy groups -OCH3 is 2. The lowest BCUT2D eigenvalue weighted by atomic mass is 9.79. The van der Waals surface area contributed by atoms with Crippen molar-refractivity contribution in [1.29, 1.82) is 0 Å². The smallest absolute Gasteiger partial charge is 0.227 e. The monoisotopic (exact) mass is 393 g/mol. The summed E-state index contributed by atoms with van der Waals surface area (Å²) in [5.41, 5.74) is 1.82. The number of nitrogens with one attached hydrogen (secondary N) is 1. The number of hydrogen-bond acceptors (Lipinski definition) is 5. The number of carbonyl (C=O) groups excluding carboxylic acids is 1. The molecule has 1 heterocycles. The van der Waals surface area contributed by atoms with Gasteiger partial charge in [-0.25, -0.2) is 0 Å². The summed E-state index contributed by atoms with van der Waals surface area (Å²) in [6.07, 6.45) is 4.66. The summed E-state index contributed by atoms with van der Waals surface area (Å²) in [6.45, 7) is 1.99. The first-order chi connectivity index (χ1) is 12.6. The molecule has 6 heteroatoms. The highest BCUT2D eigenvalue weighted by atomic mass is 32.2. The predicted molar refractivity (Wildman–Crippen MR) is 109 cm³/mol. The molecule has 1 N–H and O–H groups in total. The van der Waals surface area contributed by atoms with Gasteiger partial charge in [-0.2, -0.15) is 0 Å². The van der Waals surface area contributed by atoms with Gasteiger partial charge in [0.1, 0.15) is 0 Å². The molecule has 2 aliphatic carbocycles. The highest BCUT2D eigenvalue weighted by molar-refractivity contribution is 8.21. The third-order valence-electron chi connectivity index (χ3n) is 6.24. The zero-order valence-electron chi connectivity index (χ0n) is 15.7. The number of carbonyl (C=O) groups is 1. The lowest BCUT2D eigenvalue weighted by Gasteiger charge is -2.42. The van der Waals surface area contributed by atoms with Gasteiger partial charge in [-0.15, -0.1) is 23.5 Å². The Balaban J connectivity index is 1.48. The highest BCUT2D eigenvalue weighted by Gasteiger charge is 2.57. The normalized spacial score (nSPS) is 29.0. The molecule has 1 spiro atoms. The Morgan fingerprint density at radius 2 is 1.65 bits per heavy atom. The van der Waals surface area contributed by atoms with Crippen molar-refractivity contribution in [3.63, 3.8) is 0 Å². The van der Waals surface area contributed by atoms with E-state index in [9.17, 15) is 4.79 Å². The van der Waals surface area contributed by atoms with E-state index in [1.165, 1.54) is 24.3 Å². The molecule has 1 amide bonds. The maximum absolute atomic E-state index is 13.0. The number of amides is 1. The van der Waals surface area contributed by atoms with E-state index in [1.54, 1.807) is 14.2 Å². The van der Waals surface area contributed by atoms with Crippen molar-refractivity contribution in [2.75, 3.05) is 31.0 Å². The average molecular weight is 394 g/mol. The van der Waals surface area contributed by atoms with Gasteiger partial charge in [0.25, 0.3) is 0 Å². The molecule has 1 aromatic rings. The van der Waals surface area contributed by atoms with Crippen molar-refractivity contribution < 1.29 is 14.3 Å². The first-order valence-electron chi connectivity index (χ1n) is 9.38. The van der Waals surface area contributed by atoms with E-state index < -0.39 is 0 Å². The molecule has 4 nitrogen and oxygen atoms in total.